The number of hydrogen-bond acceptors (Lipinski definition) is 3. The van der Waals surface area contributed by atoms with Crippen LogP contribution in [0.2, 0.25) is 5.02 Å². The molecule has 1 aliphatic carbocycles. The van der Waals surface area contributed by atoms with Gasteiger partial charge in [-0.1, -0.05) is 29.3 Å². The monoisotopic (exact) mass is 382 g/mol. The van der Waals surface area contributed by atoms with Crippen LogP contribution in [0.1, 0.15) is 41.6 Å². The van der Waals surface area contributed by atoms with Crippen LogP contribution in [0.25, 0.3) is 5.57 Å². The molecule has 0 saturated carbocycles. The van der Waals surface area contributed by atoms with Gasteiger partial charge in [0.15, 0.2) is 0 Å². The Morgan fingerprint density at radius 2 is 1.89 bits per heavy atom. The summed E-state index contributed by atoms with van der Waals surface area (Å²) in [5.41, 5.74) is 7.63. The van der Waals surface area contributed by atoms with Crippen LogP contribution in [0.15, 0.2) is 42.1 Å². The predicted octanol–water partition coefficient (Wildman–Crippen LogP) is 4.21. The van der Waals surface area contributed by atoms with Crippen molar-refractivity contribution in [2.24, 2.45) is 0 Å². The fourth-order valence-electron chi connectivity index (χ4n) is 4.18. The van der Waals surface area contributed by atoms with E-state index < -0.39 is 5.97 Å². The van der Waals surface area contributed by atoms with Crippen molar-refractivity contribution in [2.75, 3.05) is 19.6 Å². The van der Waals surface area contributed by atoms with Gasteiger partial charge in [-0.3, -0.25) is 9.78 Å². The first kappa shape index (κ1) is 18.2. The minimum Gasteiger partial charge on any atom is -0.481 e. The highest BCUT2D eigenvalue weighted by Gasteiger charge is 2.25. The fourth-order valence-corrected chi connectivity index (χ4v) is 4.38. The Hall–Kier alpha value is -2.17. The molecule has 1 saturated heterocycles. The van der Waals surface area contributed by atoms with E-state index in [0.29, 0.717) is 6.54 Å². The van der Waals surface area contributed by atoms with Crippen LogP contribution in [0, 0.1) is 0 Å². The topological polar surface area (TPSA) is 53.4 Å². The summed E-state index contributed by atoms with van der Waals surface area (Å²) < 4.78 is 0. The lowest BCUT2D eigenvalue weighted by molar-refractivity contribution is -0.137. The van der Waals surface area contributed by atoms with Gasteiger partial charge in [-0.2, -0.15) is 0 Å². The summed E-state index contributed by atoms with van der Waals surface area (Å²) >= 11 is 6.27. The Balaban J connectivity index is 1.71. The number of hydrogen-bond donors (Lipinski definition) is 1. The zero-order valence-corrected chi connectivity index (χ0v) is 16.0. The smallest absolute Gasteiger partial charge is 0.304 e. The number of carboxylic acids is 1. The van der Waals surface area contributed by atoms with Crippen molar-refractivity contribution in [2.45, 2.75) is 32.1 Å². The van der Waals surface area contributed by atoms with E-state index in [2.05, 4.69) is 23.1 Å². The summed E-state index contributed by atoms with van der Waals surface area (Å²) in [6.45, 7) is 2.42. The van der Waals surface area contributed by atoms with Gasteiger partial charge >= 0.3 is 5.97 Å². The molecule has 0 unspecified atom stereocenters. The number of halogens is 1. The fraction of sp³-hybridized carbons (Fsp3) is 0.364. The molecule has 0 atom stereocenters. The van der Waals surface area contributed by atoms with Crippen molar-refractivity contribution in [1.29, 1.82) is 0 Å². The van der Waals surface area contributed by atoms with Crippen LogP contribution in [0.4, 0.5) is 0 Å². The first-order chi connectivity index (χ1) is 13.1. The lowest BCUT2D eigenvalue weighted by atomic mass is 9.88. The summed E-state index contributed by atoms with van der Waals surface area (Å²) in [6.07, 6.45) is 5.92. The average Bonchev–Trinajstić information content (AvgIpc) is 2.83. The van der Waals surface area contributed by atoms with Crippen LogP contribution in [0.5, 0.6) is 0 Å². The SMILES string of the molecule is O=C(O)CCN1CCC(=C2c3ccc(Cl)cc3CCc3cccnc32)CC1. The minimum atomic E-state index is -0.730. The van der Waals surface area contributed by atoms with Gasteiger partial charge in [0.2, 0.25) is 0 Å². The highest BCUT2D eigenvalue weighted by molar-refractivity contribution is 6.30. The molecule has 1 aromatic carbocycles. The molecule has 4 rings (SSSR count). The van der Waals surface area contributed by atoms with E-state index in [9.17, 15) is 4.79 Å². The van der Waals surface area contributed by atoms with Crippen LogP contribution >= 0.6 is 11.6 Å². The summed E-state index contributed by atoms with van der Waals surface area (Å²) in [6, 6.07) is 10.4. The van der Waals surface area contributed by atoms with Gasteiger partial charge in [-0.25, -0.2) is 0 Å². The number of likely N-dealkylation sites (tertiary alicyclic amines) is 1. The third kappa shape index (κ3) is 3.92. The predicted molar refractivity (Wildman–Crippen MR) is 107 cm³/mol. The average molecular weight is 383 g/mol. The first-order valence-corrected chi connectivity index (χ1v) is 9.89. The Labute approximate surface area is 164 Å². The second kappa shape index (κ2) is 7.83. The van der Waals surface area contributed by atoms with Crippen LogP contribution in [-0.4, -0.2) is 40.6 Å². The van der Waals surface area contributed by atoms with Crippen molar-refractivity contribution in [3.63, 3.8) is 0 Å². The Bertz CT molecular complexity index is 897. The van der Waals surface area contributed by atoms with Crippen LogP contribution < -0.4 is 0 Å². The van der Waals surface area contributed by atoms with Gasteiger partial charge in [-0.15, -0.1) is 0 Å². The molecule has 2 aliphatic rings. The lowest BCUT2D eigenvalue weighted by Crippen LogP contribution is -2.33. The molecule has 2 aromatic rings. The molecule has 140 valence electrons. The van der Waals surface area contributed by atoms with Crippen LogP contribution in [-0.2, 0) is 17.6 Å². The van der Waals surface area contributed by atoms with Gasteiger partial charge in [-0.05, 0) is 60.6 Å². The molecule has 1 aromatic heterocycles. The van der Waals surface area contributed by atoms with E-state index in [1.165, 1.54) is 27.8 Å². The van der Waals surface area contributed by atoms with Gasteiger partial charge in [0.1, 0.15) is 0 Å². The molecule has 5 heteroatoms. The highest BCUT2D eigenvalue weighted by atomic mass is 35.5. The molecule has 27 heavy (non-hydrogen) atoms. The Kier molecular flexibility index (Phi) is 5.28. The van der Waals surface area contributed by atoms with E-state index in [-0.39, 0.29) is 6.42 Å². The molecule has 1 fully saturated rings. The van der Waals surface area contributed by atoms with Gasteiger partial charge in [0, 0.05) is 36.4 Å². The third-order valence-corrected chi connectivity index (χ3v) is 5.82. The maximum absolute atomic E-state index is 10.8. The molecule has 4 nitrogen and oxygen atoms in total. The number of piperidine rings is 1. The Morgan fingerprint density at radius 3 is 2.67 bits per heavy atom. The summed E-state index contributed by atoms with van der Waals surface area (Å²) in [7, 11) is 0. The van der Waals surface area contributed by atoms with Crippen molar-refractivity contribution < 1.29 is 9.90 Å². The van der Waals surface area contributed by atoms with Crippen molar-refractivity contribution in [3.8, 4) is 0 Å². The van der Waals surface area contributed by atoms with Crippen molar-refractivity contribution >= 4 is 23.1 Å². The number of aromatic nitrogens is 1. The molecular weight excluding hydrogens is 360 g/mol. The minimum absolute atomic E-state index is 0.206. The number of carbonyl (C=O) groups is 1. The second-order valence-corrected chi connectivity index (χ2v) is 7.71. The van der Waals surface area contributed by atoms with Gasteiger partial charge in [0.25, 0.3) is 0 Å². The molecule has 0 radical (unpaired) electrons. The largest absolute Gasteiger partial charge is 0.481 e. The molecule has 0 bridgehead atoms. The zero-order valence-electron chi connectivity index (χ0n) is 15.2. The van der Waals surface area contributed by atoms with E-state index in [1.54, 1.807) is 0 Å². The number of nitrogens with zero attached hydrogens (tertiary/aromatic N) is 2. The number of rotatable bonds is 3. The van der Waals surface area contributed by atoms with E-state index in [0.717, 1.165) is 49.5 Å². The van der Waals surface area contributed by atoms with Crippen LogP contribution in [0.3, 0.4) is 0 Å². The number of aryl methyl sites for hydroxylation is 2. The number of fused-ring (bicyclic) bond motifs is 2. The zero-order chi connectivity index (χ0) is 18.8. The van der Waals surface area contributed by atoms with E-state index in [4.69, 9.17) is 21.7 Å². The van der Waals surface area contributed by atoms with E-state index in [1.807, 2.05) is 18.3 Å². The quantitative estimate of drug-likeness (QED) is 0.864. The standard InChI is InChI=1S/C22H23ClN2O2/c23-18-5-6-19-17(14-18)4-3-16-2-1-10-24-22(16)21(19)15-7-11-25(12-8-15)13-9-20(26)27/h1-2,5-6,10,14H,3-4,7-9,11-13H2,(H,26,27). The molecule has 0 spiro atoms. The van der Waals surface area contributed by atoms with Crippen molar-refractivity contribution in [3.05, 3.63) is 69.5 Å². The maximum Gasteiger partial charge on any atom is 0.304 e. The first-order valence-electron chi connectivity index (χ1n) is 9.51. The third-order valence-electron chi connectivity index (χ3n) is 5.58. The molecule has 2 heterocycles. The molecule has 0 amide bonds. The molecule has 1 N–H and O–H groups in total. The highest BCUT2D eigenvalue weighted by Crippen LogP contribution is 2.38. The van der Waals surface area contributed by atoms with Gasteiger partial charge in [0.05, 0.1) is 12.1 Å². The molecular formula is C22H23ClN2O2. The Morgan fingerprint density at radius 1 is 1.11 bits per heavy atom. The number of benzene rings is 1. The van der Waals surface area contributed by atoms with E-state index >= 15 is 0 Å². The lowest BCUT2D eigenvalue weighted by Gasteiger charge is -2.30. The number of carboxylic acid groups (broad SMARTS) is 1. The number of aliphatic carboxylic acids is 1. The normalized spacial score (nSPS) is 17.2. The maximum atomic E-state index is 10.8. The van der Waals surface area contributed by atoms with Gasteiger partial charge < -0.3 is 10.0 Å². The summed E-state index contributed by atoms with van der Waals surface area (Å²) in [5, 5.41) is 9.70. The number of pyridine rings is 1. The molecule has 1 aliphatic heterocycles. The second-order valence-electron chi connectivity index (χ2n) is 7.28. The summed E-state index contributed by atoms with van der Waals surface area (Å²) in [4.78, 5) is 17.8. The summed E-state index contributed by atoms with van der Waals surface area (Å²) in [5.74, 6) is -0.730. The van der Waals surface area contributed by atoms with Crippen molar-refractivity contribution in [1.82, 2.24) is 9.88 Å².